The maximum absolute atomic E-state index is 10.6. The third-order valence-electron chi connectivity index (χ3n) is 0.869. The van der Waals surface area contributed by atoms with Gasteiger partial charge in [-0.2, -0.15) is 12.6 Å². The summed E-state index contributed by atoms with van der Waals surface area (Å²) in [5.41, 5.74) is 0. The highest BCUT2D eigenvalue weighted by Crippen LogP contribution is 1.96. The van der Waals surface area contributed by atoms with Crippen LogP contribution in [-0.4, -0.2) is 24.5 Å². The Balaban J connectivity index is 3.58. The van der Waals surface area contributed by atoms with Crippen LogP contribution in [0.1, 0.15) is 6.42 Å². The average Bonchev–Trinajstić information content (AvgIpc) is 1.87. The van der Waals surface area contributed by atoms with Crippen molar-refractivity contribution in [3.05, 3.63) is 0 Å². The van der Waals surface area contributed by atoms with Crippen molar-refractivity contribution >= 4 is 24.8 Å². The molecule has 1 amide bonds. The van der Waals surface area contributed by atoms with E-state index < -0.39 is 5.25 Å². The highest BCUT2D eigenvalue weighted by Gasteiger charge is 2.09. The van der Waals surface area contributed by atoms with Crippen LogP contribution in [0, 0.1) is 0 Å². The van der Waals surface area contributed by atoms with Crippen LogP contribution >= 0.6 is 12.6 Å². The molecule has 1 N–H and O–H groups in total. The molecule has 0 rings (SSSR count). The van der Waals surface area contributed by atoms with Crippen LogP contribution in [0.4, 0.5) is 0 Å². The average molecular weight is 147 g/mol. The zero-order chi connectivity index (χ0) is 7.28. The molecule has 0 aromatic carbocycles. The molecular weight excluding hydrogens is 138 g/mol. The van der Waals surface area contributed by atoms with E-state index in [1.807, 2.05) is 0 Å². The molecule has 0 aliphatic carbocycles. The van der Waals surface area contributed by atoms with Gasteiger partial charge in [0.05, 0.1) is 5.25 Å². The quantitative estimate of drug-likeness (QED) is 0.422. The van der Waals surface area contributed by atoms with E-state index in [2.05, 4.69) is 17.9 Å². The number of carbonyl (C=O) groups is 2. The summed E-state index contributed by atoms with van der Waals surface area (Å²) in [6, 6.07) is 0. The fourth-order valence-electron chi connectivity index (χ4n) is 0.365. The second kappa shape index (κ2) is 4.38. The van der Waals surface area contributed by atoms with Crippen LogP contribution in [0.3, 0.4) is 0 Å². The fourth-order valence-corrected chi connectivity index (χ4v) is 0.580. The first-order valence-electron chi connectivity index (χ1n) is 2.55. The molecule has 0 aliphatic rings. The Morgan fingerprint density at radius 1 is 1.89 bits per heavy atom. The molecule has 0 spiro atoms. The number of amides is 1. The summed E-state index contributed by atoms with van der Waals surface area (Å²) in [6.45, 7) is 0. The number of nitrogens with one attached hydrogen (secondary N) is 1. The summed E-state index contributed by atoms with van der Waals surface area (Å²) < 4.78 is 0. The van der Waals surface area contributed by atoms with Crippen molar-refractivity contribution in [1.29, 1.82) is 0 Å². The van der Waals surface area contributed by atoms with Gasteiger partial charge in [0.1, 0.15) is 6.29 Å². The predicted molar refractivity (Wildman–Crippen MR) is 37.5 cm³/mol. The van der Waals surface area contributed by atoms with E-state index in [1.165, 1.54) is 7.05 Å². The first-order valence-corrected chi connectivity index (χ1v) is 3.07. The molecule has 0 fully saturated rings. The number of hydrogen-bond donors (Lipinski definition) is 2. The summed E-state index contributed by atoms with van der Waals surface area (Å²) in [5.74, 6) is -0.217. The van der Waals surface area contributed by atoms with Gasteiger partial charge in [-0.1, -0.05) is 0 Å². The van der Waals surface area contributed by atoms with Crippen LogP contribution in [-0.2, 0) is 9.59 Å². The Hall–Kier alpha value is -0.510. The molecule has 1 unspecified atom stereocenters. The van der Waals surface area contributed by atoms with Gasteiger partial charge in [-0.05, 0) is 0 Å². The van der Waals surface area contributed by atoms with Gasteiger partial charge in [0.2, 0.25) is 5.91 Å². The Bertz CT molecular complexity index is 116. The van der Waals surface area contributed by atoms with Crippen molar-refractivity contribution < 1.29 is 9.59 Å². The van der Waals surface area contributed by atoms with Crippen molar-refractivity contribution in [3.8, 4) is 0 Å². The van der Waals surface area contributed by atoms with Crippen molar-refractivity contribution in [2.24, 2.45) is 0 Å². The monoisotopic (exact) mass is 147 g/mol. The van der Waals surface area contributed by atoms with E-state index in [9.17, 15) is 9.59 Å². The molecular formula is C5H9NO2S. The second-order valence-corrected chi connectivity index (χ2v) is 2.16. The van der Waals surface area contributed by atoms with Gasteiger partial charge in [-0.15, -0.1) is 0 Å². The van der Waals surface area contributed by atoms with E-state index in [4.69, 9.17) is 0 Å². The van der Waals surface area contributed by atoms with Gasteiger partial charge < -0.3 is 10.1 Å². The van der Waals surface area contributed by atoms with E-state index in [0.29, 0.717) is 6.29 Å². The Morgan fingerprint density at radius 2 is 2.44 bits per heavy atom. The maximum Gasteiger partial charge on any atom is 0.233 e. The van der Waals surface area contributed by atoms with Crippen LogP contribution in [0.2, 0.25) is 0 Å². The van der Waals surface area contributed by atoms with Gasteiger partial charge in [0, 0.05) is 13.5 Å². The number of carbonyl (C=O) groups excluding carboxylic acids is 2. The SMILES string of the molecule is CNC(=O)C(S)CC=O. The van der Waals surface area contributed by atoms with Crippen molar-refractivity contribution in [3.63, 3.8) is 0 Å². The smallest absolute Gasteiger partial charge is 0.233 e. The Kier molecular flexibility index (Phi) is 4.13. The number of hydrogen-bond acceptors (Lipinski definition) is 3. The van der Waals surface area contributed by atoms with Gasteiger partial charge >= 0.3 is 0 Å². The highest BCUT2D eigenvalue weighted by molar-refractivity contribution is 7.81. The lowest BCUT2D eigenvalue weighted by atomic mass is 10.3. The molecule has 0 aromatic heterocycles. The van der Waals surface area contributed by atoms with Crippen LogP contribution in [0.5, 0.6) is 0 Å². The molecule has 0 aromatic rings. The summed E-state index contributed by atoms with van der Waals surface area (Å²) in [5, 5.41) is 1.88. The lowest BCUT2D eigenvalue weighted by molar-refractivity contribution is -0.121. The zero-order valence-electron chi connectivity index (χ0n) is 5.13. The molecule has 0 saturated carbocycles. The van der Waals surface area contributed by atoms with Crippen molar-refractivity contribution in [2.45, 2.75) is 11.7 Å². The molecule has 0 heterocycles. The summed E-state index contributed by atoms with van der Waals surface area (Å²) >= 11 is 3.84. The van der Waals surface area contributed by atoms with Gasteiger partial charge in [0.15, 0.2) is 0 Å². The van der Waals surface area contributed by atoms with Gasteiger partial charge in [0.25, 0.3) is 0 Å². The highest BCUT2D eigenvalue weighted by atomic mass is 32.1. The van der Waals surface area contributed by atoms with Crippen LogP contribution in [0.15, 0.2) is 0 Å². The van der Waals surface area contributed by atoms with Crippen LogP contribution in [0.25, 0.3) is 0 Å². The zero-order valence-corrected chi connectivity index (χ0v) is 6.02. The molecule has 9 heavy (non-hydrogen) atoms. The minimum Gasteiger partial charge on any atom is -0.358 e. The van der Waals surface area contributed by atoms with E-state index >= 15 is 0 Å². The molecule has 3 nitrogen and oxygen atoms in total. The normalized spacial score (nSPS) is 12.2. The minimum atomic E-state index is -0.493. The second-order valence-electron chi connectivity index (χ2n) is 1.53. The summed E-state index contributed by atoms with van der Waals surface area (Å²) in [4.78, 5) is 20.4. The van der Waals surface area contributed by atoms with E-state index in [1.54, 1.807) is 0 Å². The Labute approximate surface area is 59.2 Å². The Morgan fingerprint density at radius 3 is 2.78 bits per heavy atom. The standard InChI is InChI=1S/C5H9NO2S/c1-6-5(8)4(9)2-3-7/h3-4,9H,2H2,1H3,(H,6,8). The summed E-state index contributed by atoms with van der Waals surface area (Å²) in [6.07, 6.45) is 0.843. The topological polar surface area (TPSA) is 46.2 Å². The molecule has 0 radical (unpaired) electrons. The minimum absolute atomic E-state index is 0.169. The lowest BCUT2D eigenvalue weighted by Gasteiger charge is -2.02. The van der Waals surface area contributed by atoms with Crippen molar-refractivity contribution in [1.82, 2.24) is 5.32 Å². The first kappa shape index (κ1) is 8.49. The molecule has 0 aliphatic heterocycles. The third-order valence-corrected chi connectivity index (χ3v) is 1.31. The molecule has 0 bridgehead atoms. The maximum atomic E-state index is 10.6. The van der Waals surface area contributed by atoms with Crippen LogP contribution < -0.4 is 5.32 Å². The molecule has 1 atom stereocenters. The van der Waals surface area contributed by atoms with Gasteiger partial charge in [-0.3, -0.25) is 4.79 Å². The molecule has 52 valence electrons. The van der Waals surface area contributed by atoms with E-state index in [0.717, 1.165) is 0 Å². The summed E-state index contributed by atoms with van der Waals surface area (Å²) in [7, 11) is 1.51. The van der Waals surface area contributed by atoms with Gasteiger partial charge in [-0.25, -0.2) is 0 Å². The number of aldehydes is 1. The predicted octanol–water partition coefficient (Wildman–Crippen LogP) is -0.380. The third kappa shape index (κ3) is 3.13. The molecule has 4 heteroatoms. The van der Waals surface area contributed by atoms with Crippen molar-refractivity contribution in [2.75, 3.05) is 7.05 Å². The first-order chi connectivity index (χ1) is 4.22. The number of thiol groups is 1. The fraction of sp³-hybridized carbons (Fsp3) is 0.600. The molecule has 0 saturated heterocycles. The number of rotatable bonds is 3. The van der Waals surface area contributed by atoms with E-state index in [-0.39, 0.29) is 12.3 Å². The lowest BCUT2D eigenvalue weighted by Crippen LogP contribution is -2.28. The largest absolute Gasteiger partial charge is 0.358 e.